The molecule has 0 aliphatic carbocycles. The predicted octanol–water partition coefficient (Wildman–Crippen LogP) is 3.33. The molecule has 3 aromatic heterocycles. The fraction of sp³-hybridized carbons (Fsp3) is 0.293. The number of nitrogens with one attached hydrogen (secondary N) is 6. The summed E-state index contributed by atoms with van der Waals surface area (Å²) < 4.78 is 7.30. The van der Waals surface area contributed by atoms with Gasteiger partial charge >= 0.3 is 0 Å². The van der Waals surface area contributed by atoms with Gasteiger partial charge in [0, 0.05) is 51.6 Å². The summed E-state index contributed by atoms with van der Waals surface area (Å²) in [6.45, 7) is 1.00. The number of benzene rings is 2. The van der Waals surface area contributed by atoms with Crippen LogP contribution in [0.5, 0.6) is 5.75 Å². The van der Waals surface area contributed by atoms with Crippen LogP contribution in [0.1, 0.15) is 80.1 Å². The lowest BCUT2D eigenvalue weighted by atomic mass is 10.0. The highest BCUT2D eigenvalue weighted by molar-refractivity contribution is 6.25. The minimum Gasteiger partial charge on any atom is -0.494 e. The van der Waals surface area contributed by atoms with Crippen LogP contribution >= 0.6 is 0 Å². The highest BCUT2D eigenvalue weighted by atomic mass is 16.5. The first kappa shape index (κ1) is 41.4. The monoisotopic (exact) mass is 829 g/mol. The van der Waals surface area contributed by atoms with Crippen molar-refractivity contribution in [3.63, 3.8) is 0 Å². The molecule has 2 aliphatic rings. The van der Waals surface area contributed by atoms with E-state index in [1.165, 1.54) is 20.4 Å². The zero-order valence-electron chi connectivity index (χ0n) is 33.6. The van der Waals surface area contributed by atoms with E-state index >= 15 is 0 Å². The summed E-state index contributed by atoms with van der Waals surface area (Å²) in [4.78, 5) is 85.6. The van der Waals surface area contributed by atoms with E-state index in [4.69, 9.17) is 4.74 Å². The number of rotatable bonds is 17. The van der Waals surface area contributed by atoms with Gasteiger partial charge in [-0.05, 0) is 55.7 Å². The van der Waals surface area contributed by atoms with Gasteiger partial charge in [0.05, 0.1) is 40.7 Å². The van der Waals surface area contributed by atoms with Crippen molar-refractivity contribution >= 4 is 64.1 Å². The van der Waals surface area contributed by atoms with Crippen LogP contribution in [0.4, 0.5) is 28.7 Å². The highest BCUT2D eigenvalue weighted by Gasteiger charge is 2.45. The molecule has 61 heavy (non-hydrogen) atoms. The van der Waals surface area contributed by atoms with Gasteiger partial charge in [-0.2, -0.15) is 5.10 Å². The Hall–Kier alpha value is -7.77. The fourth-order valence-corrected chi connectivity index (χ4v) is 7.00. The van der Waals surface area contributed by atoms with E-state index < -0.39 is 35.6 Å². The van der Waals surface area contributed by atoms with Crippen molar-refractivity contribution in [2.24, 2.45) is 7.05 Å². The number of amides is 6. The first-order chi connectivity index (χ1) is 29.6. The summed E-state index contributed by atoms with van der Waals surface area (Å²) in [5, 5.41) is 29.9. The summed E-state index contributed by atoms with van der Waals surface area (Å²) in [5.41, 5.74) is 2.89. The van der Waals surface area contributed by atoms with Crippen LogP contribution in [0.15, 0.2) is 67.1 Å². The van der Waals surface area contributed by atoms with Crippen molar-refractivity contribution < 1.29 is 33.5 Å². The number of para-hydroxylation sites is 1. The van der Waals surface area contributed by atoms with Crippen molar-refractivity contribution in [3.8, 4) is 17.1 Å². The largest absolute Gasteiger partial charge is 0.494 e. The van der Waals surface area contributed by atoms with E-state index in [1.807, 2.05) is 12.1 Å². The Kier molecular flexibility index (Phi) is 12.5. The molecule has 6 amide bonds. The quantitative estimate of drug-likeness (QED) is 0.0581. The van der Waals surface area contributed by atoms with Gasteiger partial charge in [0.2, 0.25) is 11.8 Å². The Bertz CT molecular complexity index is 2510. The fourth-order valence-electron chi connectivity index (χ4n) is 7.00. The number of pyridine rings is 1. The zero-order chi connectivity index (χ0) is 43.0. The second kappa shape index (κ2) is 18.4. The third-order valence-electron chi connectivity index (χ3n) is 10.0. The van der Waals surface area contributed by atoms with Crippen LogP contribution in [0.3, 0.4) is 0 Å². The van der Waals surface area contributed by atoms with E-state index in [9.17, 15) is 28.8 Å². The molecule has 20 heteroatoms. The van der Waals surface area contributed by atoms with E-state index in [-0.39, 0.29) is 41.4 Å². The lowest BCUT2D eigenvalue weighted by Crippen LogP contribution is -2.54. The number of ether oxygens (including phenoxy) is 1. The number of hydrogen-bond acceptors (Lipinski definition) is 15. The molecule has 5 aromatic rings. The van der Waals surface area contributed by atoms with Gasteiger partial charge in [-0.15, -0.1) is 10.2 Å². The number of carbonyl (C=O) groups excluding carboxylic acids is 6. The minimum absolute atomic E-state index is 0.0428. The van der Waals surface area contributed by atoms with Gasteiger partial charge in [0.15, 0.2) is 23.1 Å². The molecule has 20 nitrogen and oxygen atoms in total. The molecule has 1 fully saturated rings. The van der Waals surface area contributed by atoms with Crippen molar-refractivity contribution in [1.29, 1.82) is 0 Å². The molecule has 2 aliphatic heterocycles. The maximum Gasteiger partial charge on any atom is 0.273 e. The van der Waals surface area contributed by atoms with Crippen LogP contribution in [0, 0.1) is 0 Å². The molecule has 1 unspecified atom stereocenters. The average Bonchev–Trinajstić information content (AvgIpc) is 3.81. The molecule has 7 rings (SSSR count). The van der Waals surface area contributed by atoms with E-state index in [0.29, 0.717) is 58.7 Å². The second-order valence-corrected chi connectivity index (χ2v) is 14.2. The normalized spacial score (nSPS) is 14.6. The number of fused-ring (bicyclic) bond motifs is 1. The first-order valence-corrected chi connectivity index (χ1v) is 19.6. The van der Waals surface area contributed by atoms with E-state index in [2.05, 4.69) is 57.2 Å². The summed E-state index contributed by atoms with van der Waals surface area (Å²) in [5.74, 6) is -1.32. The number of hydrogen-bond donors (Lipinski definition) is 6. The standard InChI is InChI=1S/C41H43N13O7/c1-42-39(58)34-28(47-27-13-9-11-25(35(27)61-3)36-46-22-53(2)52-36)20-31(50-51-34)48-30-16-14-23(21-45-30)37(56)44-19-7-5-4-6-18-43-26-12-8-10-24-33(26)41(60)54(40(24)59)29-15-17-32(55)49-38(29)57/h8-14,16,20-22,29,43H,4-7,15,17-19H2,1-3H3,(H,42,58)(H,44,56)(H,49,55,57)(H2,45,47,48,50). The molecular weight excluding hydrogens is 787 g/mol. The molecule has 1 atom stereocenters. The van der Waals surface area contributed by atoms with Gasteiger partial charge in [-0.25, -0.2) is 9.97 Å². The van der Waals surface area contributed by atoms with E-state index in [0.717, 1.165) is 30.6 Å². The lowest BCUT2D eigenvalue weighted by Gasteiger charge is -2.27. The highest BCUT2D eigenvalue weighted by Crippen LogP contribution is 2.37. The lowest BCUT2D eigenvalue weighted by molar-refractivity contribution is -0.136. The minimum atomic E-state index is -1.02. The maximum atomic E-state index is 13.3. The van der Waals surface area contributed by atoms with Crippen LogP contribution < -0.4 is 36.6 Å². The molecule has 6 N–H and O–H groups in total. The first-order valence-electron chi connectivity index (χ1n) is 19.6. The number of methoxy groups -OCH3 is 1. The number of piperidine rings is 1. The Morgan fingerprint density at radius 1 is 0.836 bits per heavy atom. The number of aromatic nitrogens is 6. The van der Waals surface area contributed by atoms with Gasteiger partial charge in [-0.1, -0.05) is 25.0 Å². The molecular formula is C41H43N13O7. The Labute approximate surface area is 349 Å². The molecule has 0 saturated carbocycles. The number of unbranched alkanes of at least 4 members (excludes halogenated alkanes) is 3. The topological polar surface area (TPSA) is 256 Å². The third-order valence-corrected chi connectivity index (χ3v) is 10.0. The summed E-state index contributed by atoms with van der Waals surface area (Å²) in [6.07, 6.45) is 6.38. The SMILES string of the molecule is CNC(=O)c1nnc(Nc2ccc(C(=O)NCCCCCCNc3cccc4c3C(=O)N(C3CCC(=O)NC3=O)C4=O)cn2)cc1Nc1cccc(-c2ncn(C)n2)c1OC. The van der Waals surface area contributed by atoms with Crippen molar-refractivity contribution in [2.45, 2.75) is 44.6 Å². The Balaban J connectivity index is 0.873. The average molecular weight is 830 g/mol. The summed E-state index contributed by atoms with van der Waals surface area (Å²) >= 11 is 0. The smallest absolute Gasteiger partial charge is 0.273 e. The van der Waals surface area contributed by atoms with Gasteiger partial charge < -0.3 is 31.3 Å². The van der Waals surface area contributed by atoms with Gasteiger partial charge in [0.1, 0.15) is 18.2 Å². The van der Waals surface area contributed by atoms with Crippen LogP contribution in [0.25, 0.3) is 11.4 Å². The molecule has 314 valence electrons. The molecule has 0 radical (unpaired) electrons. The number of anilines is 5. The number of aryl methyl sites for hydroxylation is 1. The van der Waals surface area contributed by atoms with Crippen molar-refractivity contribution in [2.75, 3.05) is 43.2 Å². The molecule has 0 spiro atoms. The van der Waals surface area contributed by atoms with Gasteiger partial charge in [0.25, 0.3) is 23.6 Å². The van der Waals surface area contributed by atoms with Crippen LogP contribution in [-0.2, 0) is 16.6 Å². The van der Waals surface area contributed by atoms with Crippen LogP contribution in [0.2, 0.25) is 0 Å². The van der Waals surface area contributed by atoms with E-state index in [1.54, 1.807) is 60.5 Å². The summed E-state index contributed by atoms with van der Waals surface area (Å²) in [7, 11) is 4.79. The predicted molar refractivity (Wildman–Crippen MR) is 222 cm³/mol. The molecule has 0 bridgehead atoms. The Morgan fingerprint density at radius 2 is 1.61 bits per heavy atom. The molecule has 2 aromatic carbocycles. The molecule has 5 heterocycles. The molecule has 1 saturated heterocycles. The third kappa shape index (κ3) is 9.12. The zero-order valence-corrected chi connectivity index (χ0v) is 33.6. The van der Waals surface area contributed by atoms with Crippen molar-refractivity contribution in [3.05, 3.63) is 89.5 Å². The Morgan fingerprint density at radius 3 is 2.31 bits per heavy atom. The van der Waals surface area contributed by atoms with Gasteiger partial charge in [-0.3, -0.25) is 43.7 Å². The van der Waals surface area contributed by atoms with Crippen LogP contribution in [-0.4, -0.2) is 104 Å². The number of carbonyl (C=O) groups is 6. The number of nitrogens with zero attached hydrogens (tertiary/aromatic N) is 7. The van der Waals surface area contributed by atoms with Crippen molar-refractivity contribution in [1.82, 2.24) is 50.8 Å². The number of imide groups is 2. The maximum absolute atomic E-state index is 13.3. The second-order valence-electron chi connectivity index (χ2n) is 14.2. The summed E-state index contributed by atoms with van der Waals surface area (Å²) in [6, 6.07) is 14.2.